The van der Waals surface area contributed by atoms with Crippen molar-refractivity contribution in [3.63, 3.8) is 0 Å². The molecular formula is C21H20FN3O4. The highest BCUT2D eigenvalue weighted by Gasteiger charge is 2.29. The van der Waals surface area contributed by atoms with E-state index in [1.165, 1.54) is 17.0 Å². The molecule has 0 saturated heterocycles. The van der Waals surface area contributed by atoms with Crippen molar-refractivity contribution in [1.82, 2.24) is 15.0 Å². The SMILES string of the molecule is Cc1noc2nc(C3CC3)cc(C(=O)OCC(=O)N(C)Cc3cccc(F)c3)c12. The van der Waals surface area contributed by atoms with Crippen LogP contribution in [0.15, 0.2) is 34.9 Å². The van der Waals surface area contributed by atoms with E-state index in [9.17, 15) is 14.0 Å². The molecule has 0 radical (unpaired) electrons. The minimum atomic E-state index is -0.627. The molecule has 1 amide bonds. The Morgan fingerprint density at radius 2 is 2.10 bits per heavy atom. The van der Waals surface area contributed by atoms with Crippen molar-refractivity contribution in [2.45, 2.75) is 32.2 Å². The topological polar surface area (TPSA) is 85.5 Å². The molecule has 7 nitrogen and oxygen atoms in total. The molecule has 1 aliphatic carbocycles. The lowest BCUT2D eigenvalue weighted by Crippen LogP contribution is -2.30. The van der Waals surface area contributed by atoms with Crippen molar-refractivity contribution >= 4 is 23.0 Å². The average Bonchev–Trinajstić information content (AvgIpc) is 3.48. The predicted molar refractivity (Wildman–Crippen MR) is 102 cm³/mol. The first-order chi connectivity index (χ1) is 13.9. The number of nitrogens with zero attached hydrogens (tertiary/aromatic N) is 3. The summed E-state index contributed by atoms with van der Waals surface area (Å²) < 4.78 is 23.8. The molecule has 1 saturated carbocycles. The van der Waals surface area contributed by atoms with Gasteiger partial charge >= 0.3 is 5.97 Å². The lowest BCUT2D eigenvalue weighted by molar-refractivity contribution is -0.133. The van der Waals surface area contributed by atoms with Gasteiger partial charge in [-0.05, 0) is 43.5 Å². The van der Waals surface area contributed by atoms with Crippen LogP contribution < -0.4 is 0 Å². The van der Waals surface area contributed by atoms with Gasteiger partial charge in [0.05, 0.1) is 16.6 Å². The third-order valence-electron chi connectivity index (χ3n) is 4.91. The normalized spacial score (nSPS) is 13.5. The number of halogens is 1. The third kappa shape index (κ3) is 4.11. The van der Waals surface area contributed by atoms with Crippen molar-refractivity contribution < 1.29 is 23.2 Å². The highest BCUT2D eigenvalue weighted by molar-refractivity contribution is 6.03. The molecule has 2 heterocycles. The van der Waals surface area contributed by atoms with Gasteiger partial charge < -0.3 is 14.2 Å². The molecule has 150 valence electrons. The van der Waals surface area contributed by atoms with Crippen LogP contribution in [0.5, 0.6) is 0 Å². The zero-order valence-electron chi connectivity index (χ0n) is 16.1. The number of benzene rings is 1. The maximum atomic E-state index is 13.3. The van der Waals surface area contributed by atoms with E-state index in [2.05, 4.69) is 10.1 Å². The van der Waals surface area contributed by atoms with E-state index in [1.807, 2.05) is 0 Å². The monoisotopic (exact) mass is 397 g/mol. The van der Waals surface area contributed by atoms with Gasteiger partial charge in [0.15, 0.2) is 6.61 Å². The number of likely N-dealkylation sites (N-methyl/N-ethyl adjacent to an activating group) is 1. The van der Waals surface area contributed by atoms with Gasteiger partial charge in [-0.1, -0.05) is 17.3 Å². The molecule has 1 aromatic carbocycles. The van der Waals surface area contributed by atoms with Gasteiger partial charge in [0.25, 0.3) is 11.6 Å². The van der Waals surface area contributed by atoms with E-state index in [4.69, 9.17) is 9.26 Å². The van der Waals surface area contributed by atoms with E-state index in [0.717, 1.165) is 18.5 Å². The maximum absolute atomic E-state index is 13.3. The van der Waals surface area contributed by atoms with Crippen molar-refractivity contribution in [1.29, 1.82) is 0 Å². The fourth-order valence-electron chi connectivity index (χ4n) is 3.18. The van der Waals surface area contributed by atoms with Crippen molar-refractivity contribution in [2.24, 2.45) is 0 Å². The number of amides is 1. The Morgan fingerprint density at radius 3 is 2.83 bits per heavy atom. The summed E-state index contributed by atoms with van der Waals surface area (Å²) in [4.78, 5) is 30.9. The van der Waals surface area contributed by atoms with E-state index in [1.54, 1.807) is 32.2 Å². The number of esters is 1. The number of ether oxygens (including phenoxy) is 1. The van der Waals surface area contributed by atoms with Crippen LogP contribution in [0.25, 0.3) is 11.1 Å². The van der Waals surface area contributed by atoms with E-state index in [0.29, 0.717) is 33.8 Å². The van der Waals surface area contributed by atoms with Crippen LogP contribution in [0.1, 0.15) is 46.1 Å². The molecule has 1 fully saturated rings. The summed E-state index contributed by atoms with van der Waals surface area (Å²) in [7, 11) is 1.57. The van der Waals surface area contributed by atoms with Gasteiger partial charge in [-0.15, -0.1) is 0 Å². The summed E-state index contributed by atoms with van der Waals surface area (Å²) in [5.74, 6) is -1.07. The average molecular weight is 397 g/mol. The number of carbonyl (C=O) groups is 2. The van der Waals surface area contributed by atoms with Crippen LogP contribution in [0.2, 0.25) is 0 Å². The van der Waals surface area contributed by atoms with Crippen molar-refractivity contribution in [3.8, 4) is 0 Å². The summed E-state index contributed by atoms with van der Waals surface area (Å²) >= 11 is 0. The second-order valence-electron chi connectivity index (χ2n) is 7.27. The molecule has 3 aromatic rings. The Kier molecular flexibility index (Phi) is 5.00. The first-order valence-electron chi connectivity index (χ1n) is 9.35. The minimum absolute atomic E-state index is 0.213. The first-order valence-corrected chi connectivity index (χ1v) is 9.35. The van der Waals surface area contributed by atoms with Gasteiger partial charge in [0.2, 0.25) is 0 Å². The smallest absolute Gasteiger partial charge is 0.339 e. The molecular weight excluding hydrogens is 377 g/mol. The minimum Gasteiger partial charge on any atom is -0.452 e. The van der Waals surface area contributed by atoms with Gasteiger partial charge in [-0.25, -0.2) is 14.2 Å². The second-order valence-corrected chi connectivity index (χ2v) is 7.27. The Bertz CT molecular complexity index is 1090. The predicted octanol–water partition coefficient (Wildman–Crippen LogP) is 3.36. The summed E-state index contributed by atoms with van der Waals surface area (Å²) in [5, 5.41) is 4.39. The number of rotatable bonds is 6. The van der Waals surface area contributed by atoms with Crippen LogP contribution in [0, 0.1) is 12.7 Å². The molecule has 8 heteroatoms. The molecule has 0 spiro atoms. The Morgan fingerprint density at radius 1 is 1.31 bits per heavy atom. The molecule has 2 aromatic heterocycles. The Balaban J connectivity index is 1.45. The quantitative estimate of drug-likeness (QED) is 0.593. The lowest BCUT2D eigenvalue weighted by atomic mass is 10.1. The fourth-order valence-corrected chi connectivity index (χ4v) is 3.18. The molecule has 29 heavy (non-hydrogen) atoms. The van der Waals surface area contributed by atoms with E-state index >= 15 is 0 Å². The van der Waals surface area contributed by atoms with Gasteiger partial charge in [0, 0.05) is 25.2 Å². The number of hydrogen-bond acceptors (Lipinski definition) is 6. The largest absolute Gasteiger partial charge is 0.452 e. The van der Waals surface area contributed by atoms with Gasteiger partial charge in [-0.2, -0.15) is 0 Å². The zero-order chi connectivity index (χ0) is 20.5. The van der Waals surface area contributed by atoms with Crippen LogP contribution in [0.4, 0.5) is 4.39 Å². The summed E-state index contributed by atoms with van der Waals surface area (Å²) in [6, 6.07) is 7.70. The van der Waals surface area contributed by atoms with Crippen LogP contribution in [-0.4, -0.2) is 40.6 Å². The summed E-state index contributed by atoms with van der Waals surface area (Å²) in [6.07, 6.45) is 2.03. The molecule has 0 bridgehead atoms. The van der Waals surface area contributed by atoms with Crippen molar-refractivity contribution in [3.05, 3.63) is 58.7 Å². The van der Waals surface area contributed by atoms with Gasteiger partial charge in [-0.3, -0.25) is 4.79 Å². The number of pyridine rings is 1. The Hall–Kier alpha value is -3.29. The van der Waals surface area contributed by atoms with Crippen LogP contribution in [-0.2, 0) is 16.1 Å². The van der Waals surface area contributed by atoms with E-state index in [-0.39, 0.29) is 12.4 Å². The van der Waals surface area contributed by atoms with Crippen molar-refractivity contribution in [2.75, 3.05) is 13.7 Å². The maximum Gasteiger partial charge on any atom is 0.339 e. The highest BCUT2D eigenvalue weighted by atomic mass is 19.1. The molecule has 0 unspecified atom stereocenters. The number of carbonyl (C=O) groups excluding carboxylic acids is 2. The first kappa shape index (κ1) is 19.0. The Labute approximate surface area is 166 Å². The molecule has 0 N–H and O–H groups in total. The number of hydrogen-bond donors (Lipinski definition) is 0. The molecule has 0 aliphatic heterocycles. The number of aryl methyl sites for hydroxylation is 1. The number of fused-ring (bicyclic) bond motifs is 1. The zero-order valence-corrected chi connectivity index (χ0v) is 16.1. The molecule has 1 aliphatic rings. The molecule has 0 atom stereocenters. The lowest BCUT2D eigenvalue weighted by Gasteiger charge is -2.17. The highest BCUT2D eigenvalue weighted by Crippen LogP contribution is 2.40. The molecule has 4 rings (SSSR count). The summed E-state index contributed by atoms with van der Waals surface area (Å²) in [6.45, 7) is 1.51. The van der Waals surface area contributed by atoms with E-state index < -0.39 is 18.5 Å². The van der Waals surface area contributed by atoms with Crippen LogP contribution >= 0.6 is 0 Å². The fraction of sp³-hybridized carbons (Fsp3) is 0.333. The summed E-state index contributed by atoms with van der Waals surface area (Å²) in [5.41, 5.74) is 2.56. The third-order valence-corrected chi connectivity index (χ3v) is 4.91. The van der Waals surface area contributed by atoms with Crippen LogP contribution in [0.3, 0.4) is 0 Å². The second kappa shape index (κ2) is 7.62. The standard InChI is InChI=1S/C21H20FN3O4/c1-12-19-16(9-17(14-6-7-14)23-20(19)29-24-12)21(27)28-11-18(26)25(2)10-13-4-3-5-15(22)8-13/h3-5,8-9,14H,6-7,10-11H2,1-2H3. The van der Waals surface area contributed by atoms with Gasteiger partial charge in [0.1, 0.15) is 5.82 Å². The number of aromatic nitrogens is 2.